The number of ether oxygens (including phenoxy) is 1. The molecular formula is C21H22F3NO3. The summed E-state index contributed by atoms with van der Waals surface area (Å²) in [5, 5.41) is 12.5. The van der Waals surface area contributed by atoms with Crippen LogP contribution in [0.4, 0.5) is 13.2 Å². The molecule has 0 bridgehead atoms. The summed E-state index contributed by atoms with van der Waals surface area (Å²) >= 11 is 0. The molecule has 2 aromatic carbocycles. The number of carboxylic acid groups (broad SMARTS) is 1. The van der Waals surface area contributed by atoms with Crippen molar-refractivity contribution in [2.75, 3.05) is 0 Å². The third kappa shape index (κ3) is 5.48. The van der Waals surface area contributed by atoms with E-state index in [1.165, 1.54) is 12.1 Å². The van der Waals surface area contributed by atoms with Crippen LogP contribution in [-0.4, -0.2) is 17.1 Å². The molecule has 0 radical (unpaired) electrons. The number of hydrogen-bond donors (Lipinski definition) is 2. The number of aliphatic carboxylic acids is 1. The summed E-state index contributed by atoms with van der Waals surface area (Å²) in [6.07, 6.45) is -1.25. The maximum absolute atomic E-state index is 12.6. The molecule has 1 aliphatic rings. The third-order valence-electron chi connectivity index (χ3n) is 5.01. The van der Waals surface area contributed by atoms with Gasteiger partial charge in [0.1, 0.15) is 11.5 Å². The Hall–Kier alpha value is -2.54. The molecule has 0 aromatic heterocycles. The fourth-order valence-corrected chi connectivity index (χ4v) is 3.33. The molecule has 2 N–H and O–H groups in total. The molecule has 2 aromatic rings. The molecule has 7 heteroatoms. The van der Waals surface area contributed by atoms with Gasteiger partial charge >= 0.3 is 12.1 Å². The third-order valence-corrected chi connectivity index (χ3v) is 5.01. The minimum atomic E-state index is -4.36. The van der Waals surface area contributed by atoms with Crippen LogP contribution in [0.2, 0.25) is 0 Å². The Labute approximate surface area is 161 Å². The molecule has 0 heterocycles. The standard InChI is InChI=1S/C21H22F3NO3/c22-21(23,24)16-5-11-19(12-6-16)28-18-9-1-14(2-10-18)13-25-17-7-3-15(4-8-17)20(26)27/h1-2,5-6,9-12,15,17,25H,3-4,7-8,13H2,(H,26,27). The number of carboxylic acids is 1. The van der Waals surface area contributed by atoms with Crippen LogP contribution < -0.4 is 10.1 Å². The first-order valence-electron chi connectivity index (χ1n) is 9.21. The van der Waals surface area contributed by atoms with E-state index in [9.17, 15) is 18.0 Å². The Morgan fingerprint density at radius 2 is 1.50 bits per heavy atom. The van der Waals surface area contributed by atoms with Crippen LogP contribution in [-0.2, 0) is 17.5 Å². The van der Waals surface area contributed by atoms with E-state index in [4.69, 9.17) is 9.84 Å². The van der Waals surface area contributed by atoms with E-state index in [2.05, 4.69) is 5.32 Å². The molecule has 0 unspecified atom stereocenters. The lowest BCUT2D eigenvalue weighted by molar-refractivity contribution is -0.143. The molecule has 0 saturated heterocycles. The minimum absolute atomic E-state index is 0.223. The summed E-state index contributed by atoms with van der Waals surface area (Å²) in [5.74, 6) is -0.0405. The normalized spacial score (nSPS) is 20.0. The van der Waals surface area contributed by atoms with Gasteiger partial charge in [0, 0.05) is 12.6 Å². The van der Waals surface area contributed by atoms with Crippen molar-refractivity contribution in [1.82, 2.24) is 5.32 Å². The zero-order valence-corrected chi connectivity index (χ0v) is 15.2. The summed E-state index contributed by atoms with van der Waals surface area (Å²) in [4.78, 5) is 11.0. The van der Waals surface area contributed by atoms with Crippen LogP contribution in [0.5, 0.6) is 11.5 Å². The fraction of sp³-hybridized carbons (Fsp3) is 0.381. The number of rotatable bonds is 6. The van der Waals surface area contributed by atoms with Crippen molar-refractivity contribution in [3.05, 3.63) is 59.7 Å². The fourth-order valence-electron chi connectivity index (χ4n) is 3.33. The van der Waals surface area contributed by atoms with Crippen molar-refractivity contribution < 1.29 is 27.8 Å². The molecule has 150 valence electrons. The maximum Gasteiger partial charge on any atom is 0.416 e. The average molecular weight is 393 g/mol. The number of carbonyl (C=O) groups is 1. The van der Waals surface area contributed by atoms with Gasteiger partial charge in [-0.05, 0) is 67.6 Å². The van der Waals surface area contributed by atoms with E-state index < -0.39 is 17.7 Å². The Morgan fingerprint density at radius 3 is 2.00 bits per heavy atom. The van der Waals surface area contributed by atoms with Crippen LogP contribution in [0.25, 0.3) is 0 Å². The molecule has 4 nitrogen and oxygen atoms in total. The molecule has 1 fully saturated rings. The van der Waals surface area contributed by atoms with E-state index in [1.54, 1.807) is 12.1 Å². The van der Waals surface area contributed by atoms with Crippen LogP contribution >= 0.6 is 0 Å². The first-order valence-corrected chi connectivity index (χ1v) is 9.21. The summed E-state index contributed by atoms with van der Waals surface area (Å²) in [6, 6.07) is 12.2. The number of hydrogen-bond acceptors (Lipinski definition) is 3. The highest BCUT2D eigenvalue weighted by Crippen LogP contribution is 2.31. The summed E-state index contributed by atoms with van der Waals surface area (Å²) in [6.45, 7) is 0.670. The second-order valence-corrected chi connectivity index (χ2v) is 7.04. The monoisotopic (exact) mass is 393 g/mol. The second-order valence-electron chi connectivity index (χ2n) is 7.04. The van der Waals surface area contributed by atoms with Gasteiger partial charge in [-0.3, -0.25) is 4.79 Å². The summed E-state index contributed by atoms with van der Waals surface area (Å²) in [5.41, 5.74) is 0.346. The van der Waals surface area contributed by atoms with E-state index in [0.29, 0.717) is 36.9 Å². The molecule has 0 spiro atoms. The minimum Gasteiger partial charge on any atom is -0.481 e. The second kappa shape index (κ2) is 8.65. The van der Waals surface area contributed by atoms with Gasteiger partial charge in [-0.25, -0.2) is 0 Å². The quantitative estimate of drug-likeness (QED) is 0.706. The van der Waals surface area contributed by atoms with Gasteiger partial charge < -0.3 is 15.2 Å². The predicted octanol–water partition coefficient (Wildman–Crippen LogP) is 5.23. The number of nitrogens with one attached hydrogen (secondary N) is 1. The average Bonchev–Trinajstić information content (AvgIpc) is 2.67. The van der Waals surface area contributed by atoms with Crippen molar-refractivity contribution in [3.63, 3.8) is 0 Å². The lowest BCUT2D eigenvalue weighted by Gasteiger charge is -2.27. The van der Waals surface area contributed by atoms with Crippen molar-refractivity contribution in [2.24, 2.45) is 5.92 Å². The van der Waals surface area contributed by atoms with Gasteiger partial charge in [-0.15, -0.1) is 0 Å². The van der Waals surface area contributed by atoms with Gasteiger partial charge in [0.15, 0.2) is 0 Å². The molecule has 1 aliphatic carbocycles. The van der Waals surface area contributed by atoms with Gasteiger partial charge in [-0.1, -0.05) is 12.1 Å². The first-order chi connectivity index (χ1) is 13.3. The van der Waals surface area contributed by atoms with Crippen LogP contribution in [0, 0.1) is 5.92 Å². The molecule has 0 atom stereocenters. The zero-order valence-electron chi connectivity index (χ0n) is 15.2. The SMILES string of the molecule is O=C(O)C1CCC(NCc2ccc(Oc3ccc(C(F)(F)F)cc3)cc2)CC1. The lowest BCUT2D eigenvalue weighted by Crippen LogP contribution is -2.34. The Morgan fingerprint density at radius 1 is 0.964 bits per heavy atom. The molecule has 0 amide bonds. The van der Waals surface area contributed by atoms with Gasteiger partial charge in [0.2, 0.25) is 0 Å². The maximum atomic E-state index is 12.6. The van der Waals surface area contributed by atoms with Crippen molar-refractivity contribution in [3.8, 4) is 11.5 Å². The smallest absolute Gasteiger partial charge is 0.416 e. The number of halogens is 3. The summed E-state index contributed by atoms with van der Waals surface area (Å²) in [7, 11) is 0. The topological polar surface area (TPSA) is 58.6 Å². The van der Waals surface area contributed by atoms with Crippen molar-refractivity contribution in [2.45, 2.75) is 44.4 Å². The molecule has 1 saturated carbocycles. The number of benzene rings is 2. The molecule has 3 rings (SSSR count). The highest BCUT2D eigenvalue weighted by molar-refractivity contribution is 5.70. The van der Waals surface area contributed by atoms with E-state index in [1.807, 2.05) is 12.1 Å². The first kappa shape index (κ1) is 20.2. The van der Waals surface area contributed by atoms with Crippen molar-refractivity contribution in [1.29, 1.82) is 0 Å². The molecular weight excluding hydrogens is 371 g/mol. The summed E-state index contributed by atoms with van der Waals surface area (Å²) < 4.78 is 43.3. The van der Waals surface area contributed by atoms with Crippen LogP contribution in [0.3, 0.4) is 0 Å². The Balaban J connectivity index is 1.48. The van der Waals surface area contributed by atoms with E-state index in [-0.39, 0.29) is 5.92 Å². The zero-order chi connectivity index (χ0) is 20.1. The highest BCUT2D eigenvalue weighted by Gasteiger charge is 2.30. The molecule has 28 heavy (non-hydrogen) atoms. The molecule has 0 aliphatic heterocycles. The van der Waals surface area contributed by atoms with E-state index in [0.717, 1.165) is 30.5 Å². The van der Waals surface area contributed by atoms with E-state index >= 15 is 0 Å². The van der Waals surface area contributed by atoms with Gasteiger partial charge in [0.25, 0.3) is 0 Å². The largest absolute Gasteiger partial charge is 0.481 e. The highest BCUT2D eigenvalue weighted by atomic mass is 19.4. The van der Waals surface area contributed by atoms with Crippen LogP contribution in [0.1, 0.15) is 36.8 Å². The Bertz CT molecular complexity index is 780. The van der Waals surface area contributed by atoms with Crippen LogP contribution in [0.15, 0.2) is 48.5 Å². The predicted molar refractivity (Wildman–Crippen MR) is 98.2 cm³/mol. The Kier molecular flexibility index (Phi) is 6.24. The van der Waals surface area contributed by atoms with Gasteiger partial charge in [-0.2, -0.15) is 13.2 Å². The van der Waals surface area contributed by atoms with Crippen molar-refractivity contribution >= 4 is 5.97 Å². The lowest BCUT2D eigenvalue weighted by atomic mass is 9.86. The van der Waals surface area contributed by atoms with Gasteiger partial charge in [0.05, 0.1) is 11.5 Å². The number of alkyl halides is 3.